The van der Waals surface area contributed by atoms with Crippen molar-refractivity contribution >= 4 is 0 Å². The van der Waals surface area contributed by atoms with Crippen LogP contribution in [0.4, 0.5) is 0 Å². The fourth-order valence-corrected chi connectivity index (χ4v) is 2.10. The summed E-state index contributed by atoms with van der Waals surface area (Å²) in [7, 11) is 0. The van der Waals surface area contributed by atoms with Crippen LogP contribution in [-0.2, 0) is 0 Å². The topological polar surface area (TPSA) is 45.4 Å². The Hall–Kier alpha value is -1.74. The van der Waals surface area contributed by atoms with Gasteiger partial charge in [-0.1, -0.05) is 12.1 Å². The predicted molar refractivity (Wildman–Crippen MR) is 71.5 cm³/mol. The molecule has 0 aliphatic carbocycles. The molecule has 0 saturated carbocycles. The Balaban J connectivity index is 2.10. The van der Waals surface area contributed by atoms with Crippen molar-refractivity contribution in [2.45, 2.75) is 32.9 Å². The largest absolute Gasteiger partial charge is 0.508 e. The van der Waals surface area contributed by atoms with Crippen LogP contribution in [0.15, 0.2) is 41.0 Å². The van der Waals surface area contributed by atoms with E-state index in [1.54, 1.807) is 12.3 Å². The number of hydrogen-bond donors (Lipinski definition) is 2. The Kier molecular flexibility index (Phi) is 3.72. The summed E-state index contributed by atoms with van der Waals surface area (Å²) < 4.78 is 5.36. The zero-order valence-electron chi connectivity index (χ0n) is 11.0. The van der Waals surface area contributed by atoms with E-state index in [-0.39, 0.29) is 12.1 Å². The first-order valence-electron chi connectivity index (χ1n) is 6.17. The highest BCUT2D eigenvalue weighted by Gasteiger charge is 2.15. The molecule has 0 aliphatic heterocycles. The number of benzene rings is 1. The molecule has 18 heavy (non-hydrogen) atoms. The predicted octanol–water partition coefficient (Wildman–Crippen LogP) is 3.71. The van der Waals surface area contributed by atoms with Crippen molar-refractivity contribution in [2.24, 2.45) is 0 Å². The van der Waals surface area contributed by atoms with E-state index >= 15 is 0 Å². The molecule has 0 spiro atoms. The van der Waals surface area contributed by atoms with Gasteiger partial charge in [-0.05, 0) is 44.5 Å². The van der Waals surface area contributed by atoms with E-state index in [0.29, 0.717) is 5.75 Å². The summed E-state index contributed by atoms with van der Waals surface area (Å²) in [6.45, 7) is 6.04. The number of aromatic hydroxyl groups is 1. The zero-order chi connectivity index (χ0) is 13.1. The van der Waals surface area contributed by atoms with Crippen LogP contribution in [0.1, 0.15) is 42.8 Å². The van der Waals surface area contributed by atoms with Gasteiger partial charge in [0.05, 0.1) is 12.3 Å². The Morgan fingerprint density at radius 1 is 1.17 bits per heavy atom. The molecule has 2 atom stereocenters. The van der Waals surface area contributed by atoms with E-state index in [9.17, 15) is 5.11 Å². The van der Waals surface area contributed by atoms with Gasteiger partial charge in [-0.25, -0.2) is 0 Å². The molecule has 2 rings (SSSR count). The molecule has 2 aromatic rings. The van der Waals surface area contributed by atoms with Crippen LogP contribution in [0.5, 0.6) is 5.75 Å². The first-order valence-corrected chi connectivity index (χ1v) is 6.17. The lowest BCUT2D eigenvalue weighted by molar-refractivity contribution is 0.392. The summed E-state index contributed by atoms with van der Waals surface area (Å²) in [6.07, 6.45) is 1.67. The highest BCUT2D eigenvalue weighted by Crippen LogP contribution is 2.27. The Bertz CT molecular complexity index is 505. The van der Waals surface area contributed by atoms with Crippen molar-refractivity contribution < 1.29 is 9.52 Å². The second kappa shape index (κ2) is 5.27. The molecule has 1 heterocycles. The summed E-state index contributed by atoms with van der Waals surface area (Å²) in [5.41, 5.74) is 1.96. The number of nitrogens with one attached hydrogen (secondary N) is 1. The average Bonchev–Trinajstić information content (AvgIpc) is 2.81. The third-order valence-electron chi connectivity index (χ3n) is 3.12. The van der Waals surface area contributed by atoms with Crippen molar-refractivity contribution in [1.29, 1.82) is 0 Å². The van der Waals surface area contributed by atoms with Gasteiger partial charge in [-0.3, -0.25) is 0 Å². The third-order valence-corrected chi connectivity index (χ3v) is 3.12. The average molecular weight is 245 g/mol. The van der Waals surface area contributed by atoms with E-state index in [2.05, 4.69) is 5.32 Å². The van der Waals surface area contributed by atoms with Gasteiger partial charge < -0.3 is 14.8 Å². The number of phenols is 1. The fourth-order valence-electron chi connectivity index (χ4n) is 2.10. The third kappa shape index (κ3) is 2.74. The van der Waals surface area contributed by atoms with Crippen LogP contribution in [0.25, 0.3) is 0 Å². The van der Waals surface area contributed by atoms with Crippen molar-refractivity contribution in [3.05, 3.63) is 53.5 Å². The lowest BCUT2D eigenvalue weighted by Gasteiger charge is -2.20. The quantitative estimate of drug-likeness (QED) is 0.863. The first-order chi connectivity index (χ1) is 8.58. The first kappa shape index (κ1) is 12.7. The molecule has 3 heteroatoms. The smallest absolute Gasteiger partial charge is 0.120 e. The highest BCUT2D eigenvalue weighted by molar-refractivity contribution is 5.37. The van der Waals surface area contributed by atoms with Crippen LogP contribution >= 0.6 is 0 Å². The van der Waals surface area contributed by atoms with Gasteiger partial charge in [-0.15, -0.1) is 0 Å². The molecule has 3 nitrogen and oxygen atoms in total. The van der Waals surface area contributed by atoms with Gasteiger partial charge in [0.1, 0.15) is 11.5 Å². The standard InChI is InChI=1S/C15H19NO2/c1-10-6-7-13(14(17)9-10)11(2)16-12(3)15-5-4-8-18-15/h4-9,11-12,16-17H,1-3H3. The summed E-state index contributed by atoms with van der Waals surface area (Å²) in [5.74, 6) is 1.23. The van der Waals surface area contributed by atoms with Crippen LogP contribution < -0.4 is 5.32 Å². The second-order valence-electron chi connectivity index (χ2n) is 4.69. The van der Waals surface area contributed by atoms with Crippen LogP contribution in [0.2, 0.25) is 0 Å². The minimum atomic E-state index is 0.0608. The van der Waals surface area contributed by atoms with Crippen molar-refractivity contribution in [3.8, 4) is 5.75 Å². The molecule has 0 fully saturated rings. The second-order valence-corrected chi connectivity index (χ2v) is 4.69. The summed E-state index contributed by atoms with van der Waals surface area (Å²) in [6, 6.07) is 9.73. The maximum atomic E-state index is 9.94. The number of furan rings is 1. The van der Waals surface area contributed by atoms with Crippen molar-refractivity contribution in [2.75, 3.05) is 0 Å². The normalized spacial score (nSPS) is 14.4. The Morgan fingerprint density at radius 3 is 2.56 bits per heavy atom. The molecule has 96 valence electrons. The molecule has 0 aliphatic rings. The van der Waals surface area contributed by atoms with Gasteiger partial charge in [0.25, 0.3) is 0 Å². The van der Waals surface area contributed by atoms with E-state index in [1.807, 2.05) is 45.0 Å². The molecule has 1 aromatic heterocycles. The Labute approximate surface area is 107 Å². The molecular formula is C15H19NO2. The SMILES string of the molecule is Cc1ccc(C(C)NC(C)c2ccco2)c(O)c1. The number of rotatable bonds is 4. The Morgan fingerprint density at radius 2 is 1.94 bits per heavy atom. The van der Waals surface area contributed by atoms with Gasteiger partial charge >= 0.3 is 0 Å². The van der Waals surface area contributed by atoms with Crippen LogP contribution in [0, 0.1) is 6.92 Å². The fraction of sp³-hybridized carbons (Fsp3) is 0.333. The maximum absolute atomic E-state index is 9.94. The number of phenolic OH excluding ortho intramolecular Hbond substituents is 1. The molecule has 0 saturated heterocycles. The summed E-state index contributed by atoms with van der Waals surface area (Å²) >= 11 is 0. The molecule has 0 radical (unpaired) electrons. The lowest BCUT2D eigenvalue weighted by Crippen LogP contribution is -2.22. The van der Waals surface area contributed by atoms with Crippen LogP contribution in [-0.4, -0.2) is 5.11 Å². The summed E-state index contributed by atoms with van der Waals surface area (Å²) in [4.78, 5) is 0. The minimum Gasteiger partial charge on any atom is -0.508 e. The maximum Gasteiger partial charge on any atom is 0.120 e. The van der Waals surface area contributed by atoms with Gasteiger partial charge in [0.2, 0.25) is 0 Å². The number of aryl methyl sites for hydroxylation is 1. The molecule has 2 N–H and O–H groups in total. The lowest BCUT2D eigenvalue weighted by atomic mass is 10.0. The molecule has 0 amide bonds. The monoisotopic (exact) mass is 245 g/mol. The van der Waals surface area contributed by atoms with E-state index in [4.69, 9.17) is 4.42 Å². The number of hydrogen-bond acceptors (Lipinski definition) is 3. The minimum absolute atomic E-state index is 0.0608. The highest BCUT2D eigenvalue weighted by atomic mass is 16.3. The van der Waals surface area contributed by atoms with Crippen LogP contribution in [0.3, 0.4) is 0 Å². The molecular weight excluding hydrogens is 226 g/mol. The van der Waals surface area contributed by atoms with Gasteiger partial charge in [-0.2, -0.15) is 0 Å². The van der Waals surface area contributed by atoms with E-state index in [1.165, 1.54) is 0 Å². The van der Waals surface area contributed by atoms with E-state index < -0.39 is 0 Å². The van der Waals surface area contributed by atoms with E-state index in [0.717, 1.165) is 16.9 Å². The van der Waals surface area contributed by atoms with Crippen molar-refractivity contribution in [3.63, 3.8) is 0 Å². The zero-order valence-corrected chi connectivity index (χ0v) is 11.0. The molecule has 0 bridgehead atoms. The molecule has 2 unspecified atom stereocenters. The van der Waals surface area contributed by atoms with Crippen molar-refractivity contribution in [1.82, 2.24) is 5.32 Å². The molecule has 1 aromatic carbocycles. The van der Waals surface area contributed by atoms with Gasteiger partial charge in [0.15, 0.2) is 0 Å². The van der Waals surface area contributed by atoms with Gasteiger partial charge in [0, 0.05) is 11.6 Å². The summed E-state index contributed by atoms with van der Waals surface area (Å²) in [5, 5.41) is 13.3.